The molecule has 0 heterocycles. The van der Waals surface area contributed by atoms with E-state index in [4.69, 9.17) is 18.0 Å². The van der Waals surface area contributed by atoms with Gasteiger partial charge in [0, 0.05) is 32.1 Å². The number of nitrogens with one attached hydrogen (secondary N) is 1. The first-order chi connectivity index (χ1) is 9.71. The van der Waals surface area contributed by atoms with E-state index < -0.39 is 15.9 Å². The Morgan fingerprint density at radius 2 is 2.00 bits per heavy atom. The lowest BCUT2D eigenvalue weighted by Crippen LogP contribution is -2.37. The number of nitrogens with zero attached hydrogens (tertiary/aromatic N) is 1. The molecule has 0 saturated carbocycles. The van der Waals surface area contributed by atoms with Crippen LogP contribution in [0.15, 0.2) is 29.2 Å². The molecule has 1 aromatic rings. The van der Waals surface area contributed by atoms with Crippen LogP contribution in [0.5, 0.6) is 0 Å². The van der Waals surface area contributed by atoms with E-state index in [1.54, 1.807) is 25.1 Å². The van der Waals surface area contributed by atoms with Crippen molar-refractivity contribution >= 4 is 33.1 Å². The molecule has 116 valence electrons. The maximum atomic E-state index is 12.6. The quantitative estimate of drug-likeness (QED) is 0.734. The van der Waals surface area contributed by atoms with Gasteiger partial charge in [0.1, 0.15) is 4.99 Å². The van der Waals surface area contributed by atoms with Crippen LogP contribution in [0.2, 0.25) is 0 Å². The van der Waals surface area contributed by atoms with Gasteiger partial charge in [0.25, 0.3) is 0 Å². The van der Waals surface area contributed by atoms with E-state index in [1.165, 1.54) is 20.2 Å². The molecule has 1 unspecified atom stereocenters. The maximum Gasteiger partial charge on any atom is 0.243 e. The molecule has 1 aromatic carbocycles. The molecule has 6 nitrogen and oxygen atoms in total. The highest BCUT2D eigenvalue weighted by Gasteiger charge is 2.27. The highest BCUT2D eigenvalue weighted by molar-refractivity contribution is 7.89. The average Bonchev–Trinajstić information content (AvgIpc) is 2.45. The molecule has 0 aliphatic heterocycles. The van der Waals surface area contributed by atoms with Crippen molar-refractivity contribution in [3.05, 3.63) is 29.8 Å². The van der Waals surface area contributed by atoms with Crippen molar-refractivity contribution in [2.24, 2.45) is 11.7 Å². The fraction of sp³-hybridized carbons (Fsp3) is 0.385. The summed E-state index contributed by atoms with van der Waals surface area (Å²) in [5.74, 6) is -0.688. The first kappa shape index (κ1) is 17.5. The Morgan fingerprint density at radius 3 is 2.52 bits per heavy atom. The first-order valence-electron chi connectivity index (χ1n) is 6.28. The van der Waals surface area contributed by atoms with Crippen molar-refractivity contribution in [1.82, 2.24) is 9.62 Å². The van der Waals surface area contributed by atoms with Crippen LogP contribution in [0.1, 0.15) is 12.5 Å². The lowest BCUT2D eigenvalue weighted by molar-refractivity contribution is -0.124. The summed E-state index contributed by atoms with van der Waals surface area (Å²) in [5, 5.41) is 2.49. The monoisotopic (exact) mass is 329 g/mol. The van der Waals surface area contributed by atoms with Crippen molar-refractivity contribution in [2.45, 2.75) is 11.8 Å². The number of hydrogen-bond donors (Lipinski definition) is 2. The Hall–Kier alpha value is -1.51. The van der Waals surface area contributed by atoms with Crippen molar-refractivity contribution in [2.75, 3.05) is 20.6 Å². The zero-order valence-electron chi connectivity index (χ0n) is 12.2. The molecule has 8 heteroatoms. The van der Waals surface area contributed by atoms with Gasteiger partial charge in [-0.05, 0) is 6.07 Å². The molecule has 0 aromatic heterocycles. The summed E-state index contributed by atoms with van der Waals surface area (Å²) in [6, 6.07) is 6.28. The lowest BCUT2D eigenvalue weighted by atomic mass is 10.2. The highest BCUT2D eigenvalue weighted by atomic mass is 32.2. The number of carbonyl (C=O) groups is 1. The number of thiocarbonyl (C=S) groups is 1. The standard InChI is InChI=1S/C13H19N3O3S2/c1-9(13(17)15-2)8-16(3)21(18,19)11-7-5-4-6-10(11)12(14)20/h4-7,9H,8H2,1-3H3,(H2,14,20)(H,15,17). The van der Waals surface area contributed by atoms with Gasteiger partial charge in [0.15, 0.2) is 0 Å². The number of amides is 1. The molecule has 1 amide bonds. The molecule has 0 saturated heterocycles. The van der Waals surface area contributed by atoms with Crippen LogP contribution in [0.4, 0.5) is 0 Å². The van der Waals surface area contributed by atoms with Gasteiger partial charge in [-0.15, -0.1) is 0 Å². The smallest absolute Gasteiger partial charge is 0.243 e. The third-order valence-corrected chi connectivity index (χ3v) is 5.17. The summed E-state index contributed by atoms with van der Waals surface area (Å²) in [5.41, 5.74) is 5.86. The second kappa shape index (κ2) is 6.97. The average molecular weight is 329 g/mol. The third-order valence-electron chi connectivity index (χ3n) is 3.07. The summed E-state index contributed by atoms with van der Waals surface area (Å²) in [6.45, 7) is 1.72. The van der Waals surface area contributed by atoms with E-state index in [9.17, 15) is 13.2 Å². The largest absolute Gasteiger partial charge is 0.389 e. The Morgan fingerprint density at radius 1 is 1.43 bits per heavy atom. The Kier molecular flexibility index (Phi) is 5.82. The van der Waals surface area contributed by atoms with Gasteiger partial charge in [-0.3, -0.25) is 4.79 Å². The third kappa shape index (κ3) is 3.99. The predicted molar refractivity (Wildman–Crippen MR) is 85.4 cm³/mol. The molecule has 0 fully saturated rings. The number of benzene rings is 1. The van der Waals surface area contributed by atoms with Gasteiger partial charge in [0.05, 0.1) is 4.90 Å². The van der Waals surface area contributed by atoms with E-state index >= 15 is 0 Å². The van der Waals surface area contributed by atoms with Crippen molar-refractivity contribution in [3.8, 4) is 0 Å². The number of rotatable bonds is 6. The molecular formula is C13H19N3O3S2. The van der Waals surface area contributed by atoms with Gasteiger partial charge in [-0.25, -0.2) is 12.7 Å². The predicted octanol–water partition coefficient (Wildman–Crippen LogP) is 0.323. The van der Waals surface area contributed by atoms with Gasteiger partial charge >= 0.3 is 0 Å². The molecule has 0 aliphatic rings. The summed E-state index contributed by atoms with van der Waals surface area (Å²) in [7, 11) is -0.834. The molecule has 3 N–H and O–H groups in total. The number of hydrogen-bond acceptors (Lipinski definition) is 4. The maximum absolute atomic E-state index is 12.6. The molecule has 0 bridgehead atoms. The molecular weight excluding hydrogens is 310 g/mol. The van der Waals surface area contributed by atoms with Crippen molar-refractivity contribution < 1.29 is 13.2 Å². The normalized spacial score (nSPS) is 13.0. The van der Waals surface area contributed by atoms with Crippen LogP contribution >= 0.6 is 12.2 Å². The van der Waals surface area contributed by atoms with Crippen LogP contribution in [-0.4, -0.2) is 44.3 Å². The zero-order chi connectivity index (χ0) is 16.2. The van der Waals surface area contributed by atoms with Crippen molar-refractivity contribution in [3.63, 3.8) is 0 Å². The number of sulfonamides is 1. The fourth-order valence-corrected chi connectivity index (χ4v) is 3.58. The lowest BCUT2D eigenvalue weighted by Gasteiger charge is -2.21. The minimum atomic E-state index is -3.77. The van der Waals surface area contributed by atoms with E-state index in [1.807, 2.05) is 0 Å². The Bertz CT molecular complexity index is 644. The van der Waals surface area contributed by atoms with Crippen LogP contribution < -0.4 is 11.1 Å². The number of carbonyl (C=O) groups excluding carboxylic acids is 1. The van der Waals surface area contributed by atoms with Gasteiger partial charge < -0.3 is 11.1 Å². The summed E-state index contributed by atoms with van der Waals surface area (Å²) in [6.07, 6.45) is 0. The Labute approximate surface area is 130 Å². The van der Waals surface area contributed by atoms with Crippen LogP contribution in [0.3, 0.4) is 0 Å². The van der Waals surface area contributed by atoms with Crippen LogP contribution in [0, 0.1) is 5.92 Å². The number of nitrogens with two attached hydrogens (primary N) is 1. The van der Waals surface area contributed by atoms with Gasteiger partial charge in [0.2, 0.25) is 15.9 Å². The van der Waals surface area contributed by atoms with Crippen LogP contribution in [0.25, 0.3) is 0 Å². The van der Waals surface area contributed by atoms with E-state index in [2.05, 4.69) is 5.32 Å². The summed E-state index contributed by atoms with van der Waals surface area (Å²) in [4.78, 5) is 11.6. The van der Waals surface area contributed by atoms with E-state index in [0.717, 1.165) is 4.31 Å². The fourth-order valence-electron chi connectivity index (χ4n) is 1.88. The summed E-state index contributed by atoms with van der Waals surface area (Å²) < 4.78 is 26.3. The van der Waals surface area contributed by atoms with E-state index in [-0.39, 0.29) is 22.3 Å². The highest BCUT2D eigenvalue weighted by Crippen LogP contribution is 2.20. The SMILES string of the molecule is CNC(=O)C(C)CN(C)S(=O)(=O)c1ccccc1C(N)=S. The second-order valence-electron chi connectivity index (χ2n) is 4.66. The van der Waals surface area contributed by atoms with Crippen molar-refractivity contribution in [1.29, 1.82) is 0 Å². The topological polar surface area (TPSA) is 92.5 Å². The molecule has 1 rings (SSSR count). The first-order valence-corrected chi connectivity index (χ1v) is 8.13. The molecule has 0 radical (unpaired) electrons. The summed E-state index contributed by atoms with van der Waals surface area (Å²) >= 11 is 4.88. The second-order valence-corrected chi connectivity index (χ2v) is 7.11. The van der Waals surface area contributed by atoms with Gasteiger partial charge in [-0.1, -0.05) is 37.3 Å². The molecule has 0 aliphatic carbocycles. The van der Waals surface area contributed by atoms with E-state index in [0.29, 0.717) is 5.56 Å². The molecule has 21 heavy (non-hydrogen) atoms. The van der Waals surface area contributed by atoms with Crippen LogP contribution in [-0.2, 0) is 14.8 Å². The molecule has 1 atom stereocenters. The molecule has 0 spiro atoms. The minimum Gasteiger partial charge on any atom is -0.389 e. The minimum absolute atomic E-state index is 0.0157. The van der Waals surface area contributed by atoms with Gasteiger partial charge in [-0.2, -0.15) is 0 Å². The Balaban J connectivity index is 3.12. The zero-order valence-corrected chi connectivity index (χ0v) is 13.8.